The van der Waals surface area contributed by atoms with Crippen LogP contribution in [0.3, 0.4) is 0 Å². The van der Waals surface area contributed by atoms with Gasteiger partial charge in [-0.25, -0.2) is 0 Å². The number of hydrogen-bond acceptors (Lipinski definition) is 2. The number of hydrogen-bond donors (Lipinski definition) is 0. The smallest absolute Gasteiger partial charge is 0.192 e. The van der Waals surface area contributed by atoms with Crippen molar-refractivity contribution in [3.05, 3.63) is 45.4 Å². The lowest BCUT2D eigenvalue weighted by Gasteiger charge is -2.38. The molecule has 1 atom stereocenters. The van der Waals surface area contributed by atoms with Crippen LogP contribution in [0, 0.1) is 0 Å². The van der Waals surface area contributed by atoms with Crippen LogP contribution in [-0.4, -0.2) is 14.4 Å². The topological polar surface area (TPSA) is 9.23 Å². The number of thiophene rings is 1. The van der Waals surface area contributed by atoms with E-state index in [2.05, 4.69) is 96.3 Å². The molecule has 1 aromatic heterocycles. The summed E-state index contributed by atoms with van der Waals surface area (Å²) >= 11 is 4.12. The summed E-state index contributed by atoms with van der Waals surface area (Å²) in [7, 11) is -1.76. The van der Waals surface area contributed by atoms with E-state index in [-0.39, 0.29) is 11.1 Å². The van der Waals surface area contributed by atoms with E-state index >= 15 is 0 Å². The minimum atomic E-state index is -1.76. The summed E-state index contributed by atoms with van der Waals surface area (Å²) in [5, 5.41) is 3.90. The van der Waals surface area contributed by atoms with Gasteiger partial charge in [-0.2, -0.15) is 0 Å². The Balaban J connectivity index is 2.23. The normalized spacial score (nSPS) is 14.8. The lowest BCUT2D eigenvalue weighted by atomic mass is 10.1. The SMILES string of the molecule is CC(C)(C)[Si](C)(C)OC(C=CI)Cc1csc2ccccc12. The molecule has 0 aliphatic rings. The van der Waals surface area contributed by atoms with Gasteiger partial charge in [0, 0.05) is 11.1 Å². The van der Waals surface area contributed by atoms with Crippen LogP contribution in [0.1, 0.15) is 26.3 Å². The number of benzene rings is 1. The molecule has 4 heteroatoms. The number of fused-ring (bicyclic) bond motifs is 1. The van der Waals surface area contributed by atoms with Crippen molar-refractivity contribution < 1.29 is 4.43 Å². The molecule has 0 spiro atoms. The Bertz CT molecular complexity index is 654. The van der Waals surface area contributed by atoms with E-state index in [4.69, 9.17) is 4.43 Å². The Morgan fingerprint density at radius 2 is 1.95 bits per heavy atom. The van der Waals surface area contributed by atoms with E-state index in [9.17, 15) is 0 Å². The quantitative estimate of drug-likeness (QED) is 0.365. The summed E-state index contributed by atoms with van der Waals surface area (Å²) in [4.78, 5) is 0. The highest BCUT2D eigenvalue weighted by Gasteiger charge is 2.38. The first-order valence-electron chi connectivity index (χ1n) is 7.64. The molecule has 0 aliphatic carbocycles. The van der Waals surface area contributed by atoms with Crippen molar-refractivity contribution in [2.45, 2.75) is 51.4 Å². The van der Waals surface area contributed by atoms with Gasteiger partial charge in [-0.15, -0.1) is 11.3 Å². The fourth-order valence-electron chi connectivity index (χ4n) is 2.19. The predicted molar refractivity (Wildman–Crippen MR) is 111 cm³/mol. The molecule has 120 valence electrons. The molecular formula is C18H25IOSSi. The van der Waals surface area contributed by atoms with Gasteiger partial charge in [-0.1, -0.05) is 67.6 Å². The molecule has 0 N–H and O–H groups in total. The third kappa shape index (κ3) is 4.22. The summed E-state index contributed by atoms with van der Waals surface area (Å²) in [6.07, 6.45) is 3.32. The standard InChI is InChI=1S/C18H25IOSSi/c1-18(2,3)22(4,5)20-15(10-11-19)12-14-13-21-17-9-7-6-8-16(14)17/h6-11,13,15H,12H2,1-5H3. The largest absolute Gasteiger partial charge is 0.410 e. The first-order chi connectivity index (χ1) is 10.2. The Morgan fingerprint density at radius 3 is 2.59 bits per heavy atom. The lowest BCUT2D eigenvalue weighted by molar-refractivity contribution is 0.226. The molecule has 0 saturated heterocycles. The van der Waals surface area contributed by atoms with Crippen molar-refractivity contribution in [1.29, 1.82) is 0 Å². The molecule has 1 unspecified atom stereocenters. The maximum Gasteiger partial charge on any atom is 0.192 e. The predicted octanol–water partition coefficient (Wildman–Crippen LogP) is 6.78. The summed E-state index contributed by atoms with van der Waals surface area (Å²) in [5.41, 5.74) is 1.40. The van der Waals surface area contributed by atoms with Crippen molar-refractivity contribution in [3.8, 4) is 0 Å². The van der Waals surface area contributed by atoms with Crippen LogP contribution in [-0.2, 0) is 10.8 Å². The summed E-state index contributed by atoms with van der Waals surface area (Å²) in [6, 6.07) is 8.65. The molecule has 0 radical (unpaired) electrons. The van der Waals surface area contributed by atoms with Gasteiger partial charge in [0.05, 0.1) is 6.10 Å². The Labute approximate surface area is 153 Å². The highest BCUT2D eigenvalue weighted by atomic mass is 127. The highest BCUT2D eigenvalue weighted by Crippen LogP contribution is 2.38. The van der Waals surface area contributed by atoms with Crippen molar-refractivity contribution in [2.24, 2.45) is 0 Å². The van der Waals surface area contributed by atoms with E-state index in [1.165, 1.54) is 15.6 Å². The zero-order valence-electron chi connectivity index (χ0n) is 14.0. The second-order valence-electron chi connectivity index (χ2n) is 7.20. The Kier molecular flexibility index (Phi) is 5.91. The zero-order valence-corrected chi connectivity index (χ0v) is 18.0. The van der Waals surface area contributed by atoms with Crippen LogP contribution < -0.4 is 0 Å². The maximum atomic E-state index is 6.62. The average Bonchev–Trinajstić information content (AvgIpc) is 2.81. The van der Waals surface area contributed by atoms with Crippen molar-refractivity contribution in [1.82, 2.24) is 0 Å². The number of halogens is 1. The monoisotopic (exact) mass is 444 g/mol. The van der Waals surface area contributed by atoms with E-state index in [0.29, 0.717) is 0 Å². The van der Waals surface area contributed by atoms with Crippen LogP contribution in [0.5, 0.6) is 0 Å². The number of rotatable bonds is 5. The third-order valence-electron chi connectivity index (χ3n) is 4.52. The first-order valence-corrected chi connectivity index (χ1v) is 12.7. The molecule has 0 bridgehead atoms. The van der Waals surface area contributed by atoms with Crippen molar-refractivity contribution in [3.63, 3.8) is 0 Å². The Hall–Kier alpha value is -0.173. The minimum absolute atomic E-state index is 0.163. The molecule has 1 aromatic carbocycles. The van der Waals surface area contributed by atoms with Crippen molar-refractivity contribution >= 4 is 52.3 Å². The average molecular weight is 444 g/mol. The molecule has 22 heavy (non-hydrogen) atoms. The molecule has 1 heterocycles. The van der Waals surface area contributed by atoms with Gasteiger partial charge in [0.1, 0.15) is 0 Å². The molecule has 0 fully saturated rings. The van der Waals surface area contributed by atoms with Crippen LogP contribution in [0.2, 0.25) is 18.1 Å². The van der Waals surface area contributed by atoms with Gasteiger partial charge in [0.25, 0.3) is 0 Å². The highest BCUT2D eigenvalue weighted by molar-refractivity contribution is 14.1. The molecule has 1 nitrogen and oxygen atoms in total. The zero-order chi connectivity index (χ0) is 16.4. The van der Waals surface area contributed by atoms with Crippen LogP contribution >= 0.6 is 33.9 Å². The van der Waals surface area contributed by atoms with E-state index < -0.39 is 8.32 Å². The molecule has 0 saturated carbocycles. The molecule has 0 aliphatic heterocycles. The third-order valence-corrected chi connectivity index (χ3v) is 10.5. The first kappa shape index (κ1) is 18.2. The van der Waals surface area contributed by atoms with Gasteiger partial charge in [0.15, 0.2) is 8.32 Å². The van der Waals surface area contributed by atoms with Gasteiger partial charge in [-0.3, -0.25) is 0 Å². The van der Waals surface area contributed by atoms with Crippen LogP contribution in [0.4, 0.5) is 0 Å². The summed E-state index contributed by atoms with van der Waals surface area (Å²) < 4.78 is 10.1. The van der Waals surface area contributed by atoms with E-state index in [1.807, 2.05) is 11.3 Å². The summed E-state index contributed by atoms with van der Waals surface area (Å²) in [5.74, 6) is 0. The second kappa shape index (κ2) is 7.15. The molecule has 2 rings (SSSR count). The van der Waals surface area contributed by atoms with Crippen LogP contribution in [0.25, 0.3) is 10.1 Å². The van der Waals surface area contributed by atoms with E-state index in [1.54, 1.807) is 0 Å². The van der Waals surface area contributed by atoms with Gasteiger partial charge in [-0.05, 0) is 44.6 Å². The van der Waals surface area contributed by atoms with E-state index in [0.717, 1.165) is 6.42 Å². The minimum Gasteiger partial charge on any atom is -0.410 e. The van der Waals surface area contributed by atoms with Gasteiger partial charge < -0.3 is 4.43 Å². The molecular weight excluding hydrogens is 419 g/mol. The molecule has 0 amide bonds. The maximum absolute atomic E-state index is 6.62. The van der Waals surface area contributed by atoms with Crippen molar-refractivity contribution in [2.75, 3.05) is 0 Å². The van der Waals surface area contributed by atoms with Crippen LogP contribution in [0.15, 0.2) is 39.8 Å². The Morgan fingerprint density at radius 1 is 1.27 bits per heavy atom. The fraction of sp³-hybridized carbons (Fsp3) is 0.444. The second-order valence-corrected chi connectivity index (χ2v) is 13.6. The molecule has 2 aromatic rings. The van der Waals surface area contributed by atoms with Gasteiger partial charge >= 0.3 is 0 Å². The fourth-order valence-corrected chi connectivity index (χ4v) is 4.90. The lowest BCUT2D eigenvalue weighted by Crippen LogP contribution is -2.44. The van der Waals surface area contributed by atoms with Gasteiger partial charge in [0.2, 0.25) is 0 Å². The summed E-state index contributed by atoms with van der Waals surface area (Å²) in [6.45, 7) is 11.5.